The van der Waals surface area contributed by atoms with Crippen molar-refractivity contribution >= 4 is 17.5 Å². The molecule has 1 fully saturated rings. The van der Waals surface area contributed by atoms with Crippen molar-refractivity contribution in [2.45, 2.75) is 20.0 Å². The van der Waals surface area contributed by atoms with Gasteiger partial charge >= 0.3 is 0 Å². The Labute approximate surface area is 142 Å². The van der Waals surface area contributed by atoms with Crippen LogP contribution in [-0.4, -0.2) is 72.9 Å². The molecule has 0 unspecified atom stereocenters. The van der Waals surface area contributed by atoms with E-state index in [1.807, 2.05) is 30.9 Å². The van der Waals surface area contributed by atoms with Crippen LogP contribution in [-0.2, 0) is 4.74 Å². The van der Waals surface area contributed by atoms with Gasteiger partial charge in [-0.25, -0.2) is 0 Å². The zero-order valence-electron chi connectivity index (χ0n) is 13.8. The Morgan fingerprint density at radius 2 is 2.04 bits per heavy atom. The Balaban J connectivity index is 1.83. The number of benzene rings is 1. The van der Waals surface area contributed by atoms with Gasteiger partial charge in [-0.15, -0.1) is 0 Å². The molecule has 1 heterocycles. The lowest BCUT2D eigenvalue weighted by atomic mass is 10.1. The predicted molar refractivity (Wildman–Crippen MR) is 91.0 cm³/mol. The number of aryl methyl sites for hydroxylation is 1. The molecule has 1 saturated heterocycles. The summed E-state index contributed by atoms with van der Waals surface area (Å²) < 4.78 is 5.22. The lowest BCUT2D eigenvalue weighted by Crippen LogP contribution is -2.50. The molecule has 23 heavy (non-hydrogen) atoms. The van der Waals surface area contributed by atoms with Crippen LogP contribution in [0.15, 0.2) is 18.2 Å². The molecule has 1 aliphatic rings. The number of hydrogen-bond acceptors (Lipinski definition) is 4. The molecule has 1 aromatic rings. The summed E-state index contributed by atoms with van der Waals surface area (Å²) in [5.74, 6) is 0.0152. The minimum atomic E-state index is -0.479. The van der Waals surface area contributed by atoms with E-state index in [4.69, 9.17) is 16.3 Å². The summed E-state index contributed by atoms with van der Waals surface area (Å²) in [5, 5.41) is 10.5. The first-order valence-corrected chi connectivity index (χ1v) is 8.42. The van der Waals surface area contributed by atoms with Gasteiger partial charge in [0.2, 0.25) is 0 Å². The number of carbonyl (C=O) groups excluding carboxylic acids is 1. The SMILES string of the molecule is CCOC[C@@H](O)CN1CCN(C(=O)c2ccc(C)c(Cl)c2)CC1. The third-order valence-corrected chi connectivity index (χ3v) is 4.47. The molecule has 0 bridgehead atoms. The van der Waals surface area contributed by atoms with E-state index in [2.05, 4.69) is 4.90 Å². The second kappa shape index (κ2) is 8.64. The van der Waals surface area contributed by atoms with Crippen molar-refractivity contribution in [3.05, 3.63) is 34.3 Å². The average molecular weight is 341 g/mol. The zero-order chi connectivity index (χ0) is 16.8. The van der Waals surface area contributed by atoms with Crippen LogP contribution in [0.5, 0.6) is 0 Å². The largest absolute Gasteiger partial charge is 0.389 e. The number of β-amino-alcohol motifs (C(OH)–C–C–N with tert-alkyl or cyclic N) is 1. The topological polar surface area (TPSA) is 53.0 Å². The number of piperazine rings is 1. The monoisotopic (exact) mass is 340 g/mol. The number of halogens is 1. The summed E-state index contributed by atoms with van der Waals surface area (Å²) in [4.78, 5) is 16.5. The Kier molecular flexibility index (Phi) is 6.84. The highest BCUT2D eigenvalue weighted by Crippen LogP contribution is 2.18. The molecular weight excluding hydrogens is 316 g/mol. The van der Waals surface area contributed by atoms with Gasteiger partial charge in [-0.2, -0.15) is 0 Å². The molecule has 2 rings (SSSR count). The standard InChI is InChI=1S/C17H25ClN2O3/c1-3-23-12-15(21)11-19-6-8-20(9-7-19)17(22)14-5-4-13(2)16(18)10-14/h4-5,10,15,21H,3,6-9,11-12H2,1-2H3/t15-/m0/s1. The van der Waals surface area contributed by atoms with Crippen LogP contribution in [0, 0.1) is 6.92 Å². The fraction of sp³-hybridized carbons (Fsp3) is 0.588. The molecule has 5 nitrogen and oxygen atoms in total. The minimum absolute atomic E-state index is 0.0152. The molecule has 1 aromatic carbocycles. The van der Waals surface area contributed by atoms with E-state index in [9.17, 15) is 9.90 Å². The number of carbonyl (C=O) groups is 1. The molecular formula is C17H25ClN2O3. The van der Waals surface area contributed by atoms with Crippen molar-refractivity contribution in [3.63, 3.8) is 0 Å². The quantitative estimate of drug-likeness (QED) is 0.858. The normalized spacial score (nSPS) is 17.3. The molecule has 1 atom stereocenters. The van der Waals surface area contributed by atoms with Crippen molar-refractivity contribution in [1.82, 2.24) is 9.80 Å². The van der Waals surface area contributed by atoms with Crippen molar-refractivity contribution in [2.75, 3.05) is 45.9 Å². The number of aliphatic hydroxyl groups is 1. The summed E-state index contributed by atoms with van der Waals surface area (Å²) in [5.41, 5.74) is 1.60. The second-order valence-corrected chi connectivity index (χ2v) is 6.28. The van der Waals surface area contributed by atoms with Gasteiger partial charge in [0.25, 0.3) is 5.91 Å². The summed E-state index contributed by atoms with van der Waals surface area (Å²) >= 11 is 6.10. The van der Waals surface area contributed by atoms with Gasteiger partial charge in [0, 0.05) is 49.9 Å². The van der Waals surface area contributed by atoms with Crippen molar-refractivity contribution < 1.29 is 14.6 Å². The predicted octanol–water partition coefficient (Wildman–Crippen LogP) is 1.80. The van der Waals surface area contributed by atoms with Crippen LogP contribution in [0.1, 0.15) is 22.8 Å². The molecule has 1 amide bonds. The van der Waals surface area contributed by atoms with Gasteiger partial charge in [0.05, 0.1) is 12.7 Å². The summed E-state index contributed by atoms with van der Waals surface area (Å²) in [6.07, 6.45) is -0.479. The lowest BCUT2D eigenvalue weighted by Gasteiger charge is -2.35. The fourth-order valence-electron chi connectivity index (χ4n) is 2.65. The van der Waals surface area contributed by atoms with Crippen molar-refractivity contribution in [1.29, 1.82) is 0 Å². The highest BCUT2D eigenvalue weighted by atomic mass is 35.5. The first-order valence-electron chi connectivity index (χ1n) is 8.05. The Hall–Kier alpha value is -1.14. The third-order valence-electron chi connectivity index (χ3n) is 4.06. The molecule has 0 spiro atoms. The Morgan fingerprint density at radius 1 is 1.35 bits per heavy atom. The van der Waals surface area contributed by atoms with Gasteiger partial charge < -0.3 is 14.7 Å². The molecule has 0 aromatic heterocycles. The number of rotatable bonds is 6. The number of hydrogen-bond donors (Lipinski definition) is 1. The van der Waals surface area contributed by atoms with Crippen molar-refractivity contribution in [2.24, 2.45) is 0 Å². The van der Waals surface area contributed by atoms with Crippen LogP contribution in [0.2, 0.25) is 5.02 Å². The fourth-order valence-corrected chi connectivity index (χ4v) is 2.83. The van der Waals surface area contributed by atoms with Crippen LogP contribution in [0.25, 0.3) is 0 Å². The Bertz CT molecular complexity index is 531. The average Bonchev–Trinajstić information content (AvgIpc) is 2.55. The summed E-state index contributed by atoms with van der Waals surface area (Å²) in [6.45, 7) is 8.21. The highest BCUT2D eigenvalue weighted by Gasteiger charge is 2.23. The first kappa shape index (κ1) is 18.2. The van der Waals surface area contributed by atoms with Crippen LogP contribution >= 0.6 is 11.6 Å². The molecule has 0 saturated carbocycles. The van der Waals surface area contributed by atoms with Gasteiger partial charge in [0.15, 0.2) is 0 Å². The second-order valence-electron chi connectivity index (χ2n) is 5.87. The third kappa shape index (κ3) is 5.18. The zero-order valence-corrected chi connectivity index (χ0v) is 14.6. The number of ether oxygens (including phenoxy) is 1. The number of nitrogens with zero attached hydrogens (tertiary/aromatic N) is 2. The summed E-state index contributed by atoms with van der Waals surface area (Å²) in [7, 11) is 0. The maximum Gasteiger partial charge on any atom is 0.253 e. The molecule has 1 N–H and O–H groups in total. The van der Waals surface area contributed by atoms with Crippen LogP contribution < -0.4 is 0 Å². The van der Waals surface area contributed by atoms with Crippen molar-refractivity contribution in [3.8, 4) is 0 Å². The summed E-state index contributed by atoms with van der Waals surface area (Å²) in [6, 6.07) is 5.43. The smallest absolute Gasteiger partial charge is 0.253 e. The molecule has 128 valence electrons. The van der Waals surface area contributed by atoms with E-state index < -0.39 is 6.10 Å². The lowest BCUT2D eigenvalue weighted by molar-refractivity contribution is 0.0111. The van der Waals surface area contributed by atoms with E-state index in [1.54, 1.807) is 6.07 Å². The molecule has 0 aliphatic carbocycles. The molecule has 6 heteroatoms. The van der Waals surface area contributed by atoms with Gasteiger partial charge in [-0.05, 0) is 31.5 Å². The maximum absolute atomic E-state index is 12.5. The minimum Gasteiger partial charge on any atom is -0.389 e. The van der Waals surface area contributed by atoms with E-state index >= 15 is 0 Å². The van der Waals surface area contributed by atoms with E-state index in [1.165, 1.54) is 0 Å². The first-order chi connectivity index (χ1) is 11.0. The van der Waals surface area contributed by atoms with E-state index in [-0.39, 0.29) is 5.91 Å². The molecule has 1 aliphatic heterocycles. The van der Waals surface area contributed by atoms with Crippen LogP contribution in [0.4, 0.5) is 0 Å². The van der Waals surface area contributed by atoms with Gasteiger partial charge in [-0.3, -0.25) is 9.69 Å². The maximum atomic E-state index is 12.5. The highest BCUT2D eigenvalue weighted by molar-refractivity contribution is 6.31. The number of amides is 1. The van der Waals surface area contributed by atoms with Gasteiger partial charge in [-0.1, -0.05) is 17.7 Å². The van der Waals surface area contributed by atoms with E-state index in [0.717, 1.165) is 18.7 Å². The molecule has 0 radical (unpaired) electrons. The Morgan fingerprint density at radius 3 is 2.65 bits per heavy atom. The van der Waals surface area contributed by atoms with Crippen LogP contribution in [0.3, 0.4) is 0 Å². The van der Waals surface area contributed by atoms with Gasteiger partial charge in [0.1, 0.15) is 0 Å². The number of aliphatic hydroxyl groups excluding tert-OH is 1. The van der Waals surface area contributed by atoms with E-state index in [0.29, 0.717) is 43.4 Å².